The van der Waals surface area contributed by atoms with Gasteiger partial charge in [-0.05, 0) is 0 Å². The van der Waals surface area contributed by atoms with Gasteiger partial charge in [-0.2, -0.15) is 0 Å². The summed E-state index contributed by atoms with van der Waals surface area (Å²) in [5, 5.41) is 6.50. The molecule has 0 heterocycles. The third-order valence-corrected chi connectivity index (χ3v) is 0. The Labute approximate surface area is 31.5 Å². The van der Waals surface area contributed by atoms with Crippen molar-refractivity contribution >= 4 is 18.7 Å². The molecule has 0 spiro atoms. The highest BCUT2D eigenvalue weighted by Gasteiger charge is 1.03. The molecular weight excluding hydrogens is 72.3 g/mol. The Morgan fingerprint density at radius 3 is 1.50 bits per heavy atom. The largest absolute Gasteiger partial charge is 0.215 e. The smallest absolute Gasteiger partial charge is 0.206 e. The summed E-state index contributed by atoms with van der Waals surface area (Å²) in [7, 11) is 1.47. The molecule has 0 radical (unpaired) electrons. The summed E-state index contributed by atoms with van der Waals surface area (Å²) in [6, 6.07) is 0. The van der Waals surface area contributed by atoms with Gasteiger partial charge in [0.2, 0.25) is 7.26 Å². The molecule has 22 valence electrons. The van der Waals surface area contributed by atoms with Crippen molar-refractivity contribution in [3.05, 3.63) is 0 Å². The molecule has 0 aliphatic heterocycles. The molecule has 3 heteroatoms. The maximum atomic E-state index is 6.50. The average molecular weight is 75.3 g/mol. The van der Waals surface area contributed by atoms with Crippen LogP contribution >= 0.6 is 11.5 Å². The third-order valence-electron chi connectivity index (χ3n) is 0. The van der Waals surface area contributed by atoms with E-state index in [9.17, 15) is 0 Å². The molecule has 0 aromatic heterocycles. The molecule has 0 N–H and O–H groups in total. The summed E-state index contributed by atoms with van der Waals surface area (Å²) in [5.74, 6) is 0. The van der Waals surface area contributed by atoms with Crippen molar-refractivity contribution < 1.29 is 0 Å². The normalized spacial score (nSPS) is 1.75. The van der Waals surface area contributed by atoms with Gasteiger partial charge in [0.25, 0.3) is 0 Å². The zero-order valence-corrected chi connectivity index (χ0v) is 3.16. The van der Waals surface area contributed by atoms with Crippen LogP contribution in [-0.4, -0.2) is 7.26 Å². The standard InChI is InChI=1S/CHN.BClH2/c2*1-2/h1H;1H2. The van der Waals surface area contributed by atoms with Crippen molar-refractivity contribution in [2.45, 2.75) is 0 Å². The zero-order chi connectivity index (χ0) is 4.00. The molecule has 0 saturated heterocycles. The van der Waals surface area contributed by atoms with Crippen LogP contribution in [0.2, 0.25) is 0 Å². The van der Waals surface area contributed by atoms with Gasteiger partial charge in [0.15, 0.2) is 0 Å². The molecule has 4 heavy (non-hydrogen) atoms. The first-order valence-electron chi connectivity index (χ1n) is 0.636. The van der Waals surface area contributed by atoms with E-state index in [0.717, 1.165) is 0 Å². The Kier molecular flexibility index (Phi) is 920. The topological polar surface area (TPSA) is 23.8 Å². The highest BCUT2D eigenvalue weighted by Crippen LogP contribution is 1.29. The Morgan fingerprint density at radius 1 is 1.50 bits per heavy atom. The summed E-state index contributed by atoms with van der Waals surface area (Å²) in [5.41, 5.74) is 0. The van der Waals surface area contributed by atoms with Crippen molar-refractivity contribution in [2.24, 2.45) is 0 Å². The van der Waals surface area contributed by atoms with Gasteiger partial charge < -0.3 is 0 Å². The first-order valence-corrected chi connectivity index (χ1v) is 1.39. The second-order valence-corrected chi connectivity index (χ2v) is 0. The van der Waals surface area contributed by atoms with Crippen molar-refractivity contribution in [1.29, 1.82) is 5.26 Å². The highest BCUT2D eigenvalue weighted by atomic mass is 35.5. The Balaban J connectivity index is 0. The number of nitrogens with zero attached hydrogens (tertiary/aromatic N) is 1. The molecule has 0 aromatic rings. The predicted octanol–water partition coefficient (Wildman–Crippen LogP) is -0.0869. The summed E-state index contributed by atoms with van der Waals surface area (Å²) in [6.07, 6.45) is 0. The number of nitriles is 1. The SMILES string of the molecule is BCl.C#N. The van der Waals surface area contributed by atoms with Crippen LogP contribution in [-0.2, 0) is 0 Å². The third kappa shape index (κ3) is 54.8. The summed E-state index contributed by atoms with van der Waals surface area (Å²) >= 11 is 4.64. The van der Waals surface area contributed by atoms with Gasteiger partial charge in [-0.3, -0.25) is 0 Å². The average Bonchev–Trinajstić information content (AvgIpc) is 1.50. The van der Waals surface area contributed by atoms with E-state index in [4.69, 9.17) is 5.26 Å². The van der Waals surface area contributed by atoms with Crippen LogP contribution in [0.3, 0.4) is 0 Å². The minimum Gasteiger partial charge on any atom is -0.206 e. The van der Waals surface area contributed by atoms with Crippen molar-refractivity contribution in [3.63, 3.8) is 0 Å². The minimum absolute atomic E-state index is 1.47. The fourth-order valence-corrected chi connectivity index (χ4v) is 0. The van der Waals surface area contributed by atoms with E-state index < -0.39 is 0 Å². The molecule has 0 amide bonds. The summed E-state index contributed by atoms with van der Waals surface area (Å²) < 4.78 is 0. The van der Waals surface area contributed by atoms with E-state index in [2.05, 4.69) is 18.0 Å². The van der Waals surface area contributed by atoms with Crippen molar-refractivity contribution in [2.75, 3.05) is 0 Å². The molecule has 0 unspecified atom stereocenters. The second kappa shape index (κ2) is 403. The van der Waals surface area contributed by atoms with Crippen LogP contribution in [0.25, 0.3) is 0 Å². The van der Waals surface area contributed by atoms with Gasteiger partial charge in [-0.15, -0.1) is 0 Å². The van der Waals surface area contributed by atoms with Crippen LogP contribution in [0.15, 0.2) is 0 Å². The zero-order valence-electron chi connectivity index (χ0n) is 2.40. The van der Waals surface area contributed by atoms with Gasteiger partial charge >= 0.3 is 0 Å². The minimum atomic E-state index is 1.47. The number of hydrogen-bond acceptors (Lipinski definition) is 1. The number of halogens is 1. The van der Waals surface area contributed by atoms with Crippen LogP contribution < -0.4 is 0 Å². The van der Waals surface area contributed by atoms with Crippen LogP contribution in [0.5, 0.6) is 0 Å². The highest BCUT2D eigenvalue weighted by molar-refractivity contribution is 6.80. The first kappa shape index (κ1) is 9.14. The van der Waals surface area contributed by atoms with Crippen molar-refractivity contribution in [1.82, 2.24) is 0 Å². The second-order valence-electron chi connectivity index (χ2n) is 0. The molecule has 0 saturated carbocycles. The molecular formula is CH3BClN. The summed E-state index contributed by atoms with van der Waals surface area (Å²) in [4.78, 5) is 0. The molecule has 0 fully saturated rings. The van der Waals surface area contributed by atoms with Crippen molar-refractivity contribution in [3.8, 4) is 6.57 Å². The van der Waals surface area contributed by atoms with E-state index in [-0.39, 0.29) is 0 Å². The lowest BCUT2D eigenvalue weighted by Gasteiger charge is -1.02. The summed E-state index contributed by atoms with van der Waals surface area (Å²) in [6.45, 7) is 3.50. The van der Waals surface area contributed by atoms with Crippen LogP contribution in [0.4, 0.5) is 0 Å². The molecule has 0 bridgehead atoms. The monoisotopic (exact) mass is 75.0 g/mol. The van der Waals surface area contributed by atoms with Crippen LogP contribution in [0.1, 0.15) is 0 Å². The quantitative estimate of drug-likeness (QED) is 0.369. The van der Waals surface area contributed by atoms with Gasteiger partial charge in [0.1, 0.15) is 0 Å². The molecule has 0 aromatic carbocycles. The Hall–Kier alpha value is -0.155. The lowest BCUT2D eigenvalue weighted by Crippen LogP contribution is -0.980. The van der Waals surface area contributed by atoms with Gasteiger partial charge in [-0.25, -0.2) is 16.7 Å². The molecule has 0 aliphatic rings. The predicted molar refractivity (Wildman–Crippen MR) is 21.1 cm³/mol. The maximum Gasteiger partial charge on any atom is 0.215 e. The van der Waals surface area contributed by atoms with E-state index in [1.807, 2.05) is 0 Å². The lowest BCUT2D eigenvalue weighted by atomic mass is 10.8. The molecule has 0 aliphatic carbocycles. The maximum absolute atomic E-state index is 6.50. The van der Waals surface area contributed by atoms with Gasteiger partial charge in [0.05, 0.1) is 0 Å². The van der Waals surface area contributed by atoms with E-state index >= 15 is 0 Å². The fraction of sp³-hybridized carbons (Fsp3) is 0. The molecule has 1 nitrogen and oxygen atoms in total. The number of rotatable bonds is 0. The lowest BCUT2D eigenvalue weighted by molar-refractivity contribution is 1.58. The Morgan fingerprint density at radius 2 is 1.50 bits per heavy atom. The first-order chi connectivity index (χ1) is 2.00. The van der Waals surface area contributed by atoms with Gasteiger partial charge in [-0.1, -0.05) is 0 Å². The van der Waals surface area contributed by atoms with E-state index in [1.54, 1.807) is 0 Å². The van der Waals surface area contributed by atoms with Crippen LogP contribution in [0, 0.1) is 11.8 Å². The van der Waals surface area contributed by atoms with Gasteiger partial charge in [0, 0.05) is 6.57 Å². The number of hydrogen-bond donors (Lipinski definition) is 0. The molecule has 0 rings (SSSR count). The van der Waals surface area contributed by atoms with E-state index in [0.29, 0.717) is 0 Å². The van der Waals surface area contributed by atoms with E-state index in [1.165, 1.54) is 7.26 Å². The molecule has 0 atom stereocenters. The Bertz CT molecular complexity index is 12.8. The fourth-order valence-electron chi connectivity index (χ4n) is 0.